The van der Waals surface area contributed by atoms with Gasteiger partial charge in [-0.3, -0.25) is 0 Å². The molecule has 0 amide bonds. The highest BCUT2D eigenvalue weighted by molar-refractivity contribution is 9.11. The minimum Gasteiger partial charge on any atom is -0.487 e. The van der Waals surface area contributed by atoms with Gasteiger partial charge in [0.25, 0.3) is 0 Å². The Morgan fingerprint density at radius 2 is 1.56 bits per heavy atom. The fourth-order valence-corrected chi connectivity index (χ4v) is 4.51. The van der Waals surface area contributed by atoms with Crippen LogP contribution in [-0.4, -0.2) is 0 Å². The predicted molar refractivity (Wildman–Crippen MR) is 121 cm³/mol. The lowest BCUT2D eigenvalue weighted by Crippen LogP contribution is -2.02. The summed E-state index contributed by atoms with van der Waals surface area (Å²) in [6, 6.07) is 17.8. The van der Waals surface area contributed by atoms with Gasteiger partial charge in [-0.25, -0.2) is 0 Å². The Balaban J connectivity index is 1.67. The maximum absolute atomic E-state index is 6.21. The van der Waals surface area contributed by atoms with Gasteiger partial charge in [-0.2, -0.15) is 0 Å². The van der Waals surface area contributed by atoms with Gasteiger partial charge in [0.1, 0.15) is 12.4 Å². The Morgan fingerprint density at radius 1 is 0.889 bits per heavy atom. The average molecular weight is 530 g/mol. The predicted octanol–water partition coefficient (Wildman–Crippen LogP) is 8.02. The van der Waals surface area contributed by atoms with Crippen LogP contribution in [0.15, 0.2) is 63.5 Å². The van der Waals surface area contributed by atoms with E-state index in [2.05, 4.69) is 68.4 Å². The van der Waals surface area contributed by atoms with Gasteiger partial charge in [0, 0.05) is 11.6 Å². The highest BCUT2D eigenvalue weighted by atomic mass is 79.9. The van der Waals surface area contributed by atoms with Gasteiger partial charge in [0.05, 0.1) is 19.7 Å². The molecule has 3 aromatic rings. The third-order valence-electron chi connectivity index (χ3n) is 3.98. The van der Waals surface area contributed by atoms with Crippen molar-refractivity contribution in [1.29, 1.82) is 0 Å². The number of anilines is 1. The molecule has 0 saturated carbocycles. The van der Waals surface area contributed by atoms with Crippen molar-refractivity contribution in [2.75, 3.05) is 5.32 Å². The van der Waals surface area contributed by atoms with E-state index >= 15 is 0 Å². The van der Waals surface area contributed by atoms with E-state index in [1.165, 1.54) is 5.56 Å². The second kappa shape index (κ2) is 9.33. The fourth-order valence-electron chi connectivity index (χ4n) is 2.52. The molecule has 2 nitrogen and oxygen atoms in total. The van der Waals surface area contributed by atoms with E-state index in [0.29, 0.717) is 23.2 Å². The van der Waals surface area contributed by atoms with Crippen molar-refractivity contribution in [2.24, 2.45) is 0 Å². The van der Waals surface area contributed by atoms with Gasteiger partial charge in [-0.15, -0.1) is 0 Å². The first-order chi connectivity index (χ1) is 12.9. The van der Waals surface area contributed by atoms with Gasteiger partial charge in [0.2, 0.25) is 0 Å². The summed E-state index contributed by atoms with van der Waals surface area (Å²) in [7, 11) is 0. The second-order valence-corrected chi connectivity index (χ2v) is 8.69. The SMILES string of the molecule is Cc1ccc(COc2c(Br)cc(CNc3ccc(Cl)cc3Cl)cc2Br)cc1. The monoisotopic (exact) mass is 527 g/mol. The molecule has 0 aliphatic heterocycles. The van der Waals surface area contributed by atoms with Crippen LogP contribution in [0.25, 0.3) is 0 Å². The fraction of sp³-hybridized carbons (Fsp3) is 0.143. The van der Waals surface area contributed by atoms with Crippen molar-refractivity contribution >= 4 is 60.7 Å². The summed E-state index contributed by atoms with van der Waals surface area (Å²) in [6.45, 7) is 3.20. The molecule has 0 aromatic heterocycles. The first-order valence-corrected chi connectivity index (χ1v) is 10.6. The summed E-state index contributed by atoms with van der Waals surface area (Å²) in [5, 5.41) is 4.53. The Morgan fingerprint density at radius 3 is 2.19 bits per heavy atom. The van der Waals surface area contributed by atoms with Crippen LogP contribution >= 0.6 is 55.1 Å². The van der Waals surface area contributed by atoms with E-state index in [1.54, 1.807) is 6.07 Å². The van der Waals surface area contributed by atoms with Gasteiger partial charge in [0.15, 0.2) is 0 Å². The zero-order valence-corrected chi connectivity index (χ0v) is 19.2. The largest absolute Gasteiger partial charge is 0.487 e. The van der Waals surface area contributed by atoms with Gasteiger partial charge >= 0.3 is 0 Å². The highest BCUT2D eigenvalue weighted by Crippen LogP contribution is 2.36. The lowest BCUT2D eigenvalue weighted by Gasteiger charge is -2.14. The van der Waals surface area contributed by atoms with E-state index in [-0.39, 0.29) is 0 Å². The summed E-state index contributed by atoms with van der Waals surface area (Å²) in [4.78, 5) is 0. The van der Waals surface area contributed by atoms with Crippen molar-refractivity contribution in [3.63, 3.8) is 0 Å². The molecule has 0 saturated heterocycles. The van der Waals surface area contributed by atoms with Crippen LogP contribution in [0.3, 0.4) is 0 Å². The smallest absolute Gasteiger partial charge is 0.148 e. The molecule has 6 heteroatoms. The van der Waals surface area contributed by atoms with E-state index in [9.17, 15) is 0 Å². The van der Waals surface area contributed by atoms with Gasteiger partial charge in [-0.05, 0) is 80.2 Å². The lowest BCUT2D eigenvalue weighted by atomic mass is 10.2. The third-order valence-corrected chi connectivity index (χ3v) is 5.70. The van der Waals surface area contributed by atoms with E-state index in [0.717, 1.165) is 31.5 Å². The molecule has 0 atom stereocenters. The van der Waals surface area contributed by atoms with Crippen LogP contribution in [0, 0.1) is 6.92 Å². The number of hydrogen-bond acceptors (Lipinski definition) is 2. The lowest BCUT2D eigenvalue weighted by molar-refractivity contribution is 0.302. The number of halogens is 4. The molecular weight excluding hydrogens is 513 g/mol. The quantitative estimate of drug-likeness (QED) is 0.349. The number of aryl methyl sites for hydroxylation is 1. The number of hydrogen-bond donors (Lipinski definition) is 1. The van der Waals surface area contributed by atoms with E-state index < -0.39 is 0 Å². The van der Waals surface area contributed by atoms with Crippen molar-refractivity contribution in [2.45, 2.75) is 20.1 Å². The molecule has 27 heavy (non-hydrogen) atoms. The van der Waals surface area contributed by atoms with Crippen molar-refractivity contribution in [3.05, 3.63) is 90.3 Å². The van der Waals surface area contributed by atoms with Gasteiger partial charge < -0.3 is 10.1 Å². The van der Waals surface area contributed by atoms with E-state index in [1.807, 2.05) is 24.3 Å². The van der Waals surface area contributed by atoms with E-state index in [4.69, 9.17) is 27.9 Å². The van der Waals surface area contributed by atoms with Crippen molar-refractivity contribution in [1.82, 2.24) is 0 Å². The maximum atomic E-state index is 6.21. The van der Waals surface area contributed by atoms with Gasteiger partial charge in [-0.1, -0.05) is 53.0 Å². The van der Waals surface area contributed by atoms with Crippen LogP contribution in [0.2, 0.25) is 10.0 Å². The van der Waals surface area contributed by atoms with Crippen molar-refractivity contribution < 1.29 is 4.74 Å². The number of benzene rings is 3. The zero-order chi connectivity index (χ0) is 19.4. The Hall–Kier alpha value is -1.20. The van der Waals surface area contributed by atoms with Crippen LogP contribution in [0.5, 0.6) is 5.75 Å². The third kappa shape index (κ3) is 5.64. The topological polar surface area (TPSA) is 21.3 Å². The number of ether oxygens (including phenoxy) is 1. The molecule has 0 fully saturated rings. The molecule has 0 unspecified atom stereocenters. The first kappa shape index (κ1) is 20.5. The molecule has 1 N–H and O–H groups in total. The maximum Gasteiger partial charge on any atom is 0.148 e. The average Bonchev–Trinajstić information content (AvgIpc) is 2.62. The number of rotatable bonds is 6. The van der Waals surface area contributed by atoms with Crippen LogP contribution in [-0.2, 0) is 13.2 Å². The normalized spacial score (nSPS) is 10.7. The summed E-state index contributed by atoms with van der Waals surface area (Å²) in [6.07, 6.45) is 0. The Labute approximate surface area is 186 Å². The highest BCUT2D eigenvalue weighted by Gasteiger charge is 2.10. The first-order valence-electron chi connectivity index (χ1n) is 8.27. The van der Waals surface area contributed by atoms with Crippen LogP contribution in [0.4, 0.5) is 5.69 Å². The molecule has 0 heterocycles. The summed E-state index contributed by atoms with van der Waals surface area (Å²) >= 11 is 19.4. The zero-order valence-electron chi connectivity index (χ0n) is 14.5. The van der Waals surface area contributed by atoms with Crippen LogP contribution < -0.4 is 10.1 Å². The molecular formula is C21H17Br2Cl2NO. The standard InChI is InChI=1S/C21H17Br2Cl2NO/c1-13-2-4-14(5-3-13)12-27-21-17(22)8-15(9-18(21)23)11-26-20-7-6-16(24)10-19(20)25/h2-10,26H,11-12H2,1H3. The number of nitrogens with one attached hydrogen (secondary N) is 1. The molecule has 0 bridgehead atoms. The molecule has 0 aliphatic rings. The Bertz CT molecular complexity index is 922. The molecule has 140 valence electrons. The summed E-state index contributed by atoms with van der Waals surface area (Å²) in [5.41, 5.74) is 4.29. The molecule has 3 rings (SSSR count). The minimum absolute atomic E-state index is 0.509. The van der Waals surface area contributed by atoms with Crippen LogP contribution in [0.1, 0.15) is 16.7 Å². The molecule has 0 spiro atoms. The second-order valence-electron chi connectivity index (χ2n) is 6.14. The minimum atomic E-state index is 0.509. The summed E-state index contributed by atoms with van der Waals surface area (Å²) < 4.78 is 7.78. The molecule has 0 aliphatic carbocycles. The molecule has 3 aromatic carbocycles. The summed E-state index contributed by atoms with van der Waals surface area (Å²) in [5.74, 6) is 0.781. The van der Waals surface area contributed by atoms with Crippen molar-refractivity contribution in [3.8, 4) is 5.75 Å². The molecule has 0 radical (unpaired) electrons. The Kier molecular flexibility index (Phi) is 7.10.